The molecule has 0 N–H and O–H groups in total. The topological polar surface area (TPSA) is 38.8 Å². The molecule has 0 saturated carbocycles. The van der Waals surface area contributed by atoms with Crippen molar-refractivity contribution in [1.82, 2.24) is 4.90 Å². The number of hydrogen-bond acceptors (Lipinski definition) is 3. The maximum Gasteiger partial charge on any atom is 0.410 e. The highest BCUT2D eigenvalue weighted by atomic mass is 16.6. The first-order valence-electron chi connectivity index (χ1n) is 5.28. The number of amides is 1. The van der Waals surface area contributed by atoms with E-state index in [2.05, 4.69) is 0 Å². The van der Waals surface area contributed by atoms with E-state index < -0.39 is 0 Å². The van der Waals surface area contributed by atoms with Gasteiger partial charge in [0.1, 0.15) is 6.10 Å². The Labute approximate surface area is 94.8 Å². The Morgan fingerprint density at radius 2 is 2.19 bits per heavy atom. The Kier molecular flexibility index (Phi) is 3.41. The van der Waals surface area contributed by atoms with Crippen molar-refractivity contribution in [3.8, 4) is 0 Å². The van der Waals surface area contributed by atoms with Gasteiger partial charge in [0.05, 0.1) is 13.2 Å². The summed E-state index contributed by atoms with van der Waals surface area (Å²) in [5.74, 6) is 0. The summed E-state index contributed by atoms with van der Waals surface area (Å²) in [4.78, 5) is 13.2. The van der Waals surface area contributed by atoms with Crippen molar-refractivity contribution in [3.63, 3.8) is 0 Å². The molecule has 0 aliphatic carbocycles. The minimum absolute atomic E-state index is 0.138. The summed E-state index contributed by atoms with van der Waals surface area (Å²) in [6.45, 7) is 1.65. The van der Waals surface area contributed by atoms with Crippen LogP contribution in [-0.2, 0) is 16.0 Å². The van der Waals surface area contributed by atoms with Gasteiger partial charge < -0.3 is 14.4 Å². The molecule has 1 heterocycles. The Bertz CT molecular complexity index is 353. The SMILES string of the molecule is COC[C@H]1CN(Cc2ccccc2)C(=O)O1. The molecule has 4 heteroatoms. The number of cyclic esters (lactones) is 1. The first-order chi connectivity index (χ1) is 7.79. The lowest BCUT2D eigenvalue weighted by molar-refractivity contribution is 0.0714. The minimum Gasteiger partial charge on any atom is -0.442 e. The second kappa shape index (κ2) is 4.99. The van der Waals surface area contributed by atoms with Gasteiger partial charge in [-0.25, -0.2) is 4.79 Å². The largest absolute Gasteiger partial charge is 0.442 e. The van der Waals surface area contributed by atoms with Crippen molar-refractivity contribution in [2.24, 2.45) is 0 Å². The summed E-state index contributed by atoms with van der Waals surface area (Å²) in [6, 6.07) is 9.88. The van der Waals surface area contributed by atoms with Crippen LogP contribution < -0.4 is 0 Å². The van der Waals surface area contributed by atoms with Crippen molar-refractivity contribution in [2.75, 3.05) is 20.3 Å². The number of ether oxygens (including phenoxy) is 2. The summed E-state index contributed by atoms with van der Waals surface area (Å²) in [6.07, 6.45) is -0.396. The molecule has 0 bridgehead atoms. The smallest absolute Gasteiger partial charge is 0.410 e. The van der Waals surface area contributed by atoms with Crippen molar-refractivity contribution in [1.29, 1.82) is 0 Å². The third kappa shape index (κ3) is 2.52. The molecule has 0 radical (unpaired) electrons. The van der Waals surface area contributed by atoms with E-state index in [4.69, 9.17) is 9.47 Å². The lowest BCUT2D eigenvalue weighted by Crippen LogP contribution is -2.25. The highest BCUT2D eigenvalue weighted by Crippen LogP contribution is 2.15. The molecule has 2 rings (SSSR count). The molecule has 1 fully saturated rings. The maximum absolute atomic E-state index is 11.5. The zero-order valence-electron chi connectivity index (χ0n) is 9.26. The van der Waals surface area contributed by atoms with Crippen LogP contribution in [0.2, 0.25) is 0 Å². The standard InChI is InChI=1S/C12H15NO3/c1-15-9-11-8-13(12(14)16-11)7-10-5-3-2-4-6-10/h2-6,11H,7-9H2,1H3/t11-/m1/s1. The Morgan fingerprint density at radius 3 is 2.88 bits per heavy atom. The Balaban J connectivity index is 1.94. The van der Waals surface area contributed by atoms with Crippen LogP contribution in [0.15, 0.2) is 30.3 Å². The van der Waals surface area contributed by atoms with Crippen molar-refractivity contribution < 1.29 is 14.3 Å². The molecule has 86 valence electrons. The highest BCUT2D eigenvalue weighted by Gasteiger charge is 2.30. The predicted octanol–water partition coefficient (Wildman–Crippen LogP) is 1.65. The summed E-state index contributed by atoms with van der Waals surface area (Å²) < 4.78 is 10.1. The minimum atomic E-state index is -0.258. The fourth-order valence-corrected chi connectivity index (χ4v) is 1.78. The van der Waals surface area contributed by atoms with Gasteiger partial charge in [0.2, 0.25) is 0 Å². The Morgan fingerprint density at radius 1 is 1.44 bits per heavy atom. The molecule has 1 atom stereocenters. The normalized spacial score (nSPS) is 19.9. The lowest BCUT2D eigenvalue weighted by atomic mass is 10.2. The van der Waals surface area contributed by atoms with Gasteiger partial charge in [-0.2, -0.15) is 0 Å². The maximum atomic E-state index is 11.5. The number of carbonyl (C=O) groups is 1. The van der Waals surface area contributed by atoms with Gasteiger partial charge in [-0.3, -0.25) is 0 Å². The second-order valence-corrected chi connectivity index (χ2v) is 3.83. The second-order valence-electron chi connectivity index (χ2n) is 3.83. The van der Waals surface area contributed by atoms with Gasteiger partial charge >= 0.3 is 6.09 Å². The van der Waals surface area contributed by atoms with Gasteiger partial charge in [-0.15, -0.1) is 0 Å². The molecule has 1 aliphatic heterocycles. The number of benzene rings is 1. The van der Waals surface area contributed by atoms with E-state index in [9.17, 15) is 4.79 Å². The summed E-state index contributed by atoms with van der Waals surface area (Å²) in [7, 11) is 1.60. The average Bonchev–Trinajstić information content (AvgIpc) is 2.61. The summed E-state index contributed by atoms with van der Waals surface area (Å²) in [5, 5.41) is 0. The van der Waals surface area contributed by atoms with Crippen LogP contribution in [0.3, 0.4) is 0 Å². The van der Waals surface area contributed by atoms with E-state index in [1.807, 2.05) is 30.3 Å². The van der Waals surface area contributed by atoms with Crippen molar-refractivity contribution in [3.05, 3.63) is 35.9 Å². The zero-order valence-corrected chi connectivity index (χ0v) is 9.26. The first-order valence-corrected chi connectivity index (χ1v) is 5.28. The number of nitrogens with zero attached hydrogens (tertiary/aromatic N) is 1. The number of hydrogen-bond donors (Lipinski definition) is 0. The molecule has 1 aliphatic rings. The number of methoxy groups -OCH3 is 1. The van der Waals surface area contributed by atoms with Gasteiger partial charge in [0.25, 0.3) is 0 Å². The zero-order chi connectivity index (χ0) is 11.4. The Hall–Kier alpha value is -1.55. The number of rotatable bonds is 4. The van der Waals surface area contributed by atoms with Crippen LogP contribution in [0.5, 0.6) is 0 Å². The molecule has 0 unspecified atom stereocenters. The lowest BCUT2D eigenvalue weighted by Gasteiger charge is -2.12. The van der Waals surface area contributed by atoms with E-state index in [1.54, 1.807) is 12.0 Å². The molecular formula is C12H15NO3. The van der Waals surface area contributed by atoms with Crippen LogP contribution in [0.25, 0.3) is 0 Å². The van der Waals surface area contributed by atoms with E-state index in [0.29, 0.717) is 19.7 Å². The molecule has 0 spiro atoms. The molecule has 1 saturated heterocycles. The molecule has 1 aromatic rings. The predicted molar refractivity (Wildman–Crippen MR) is 59.0 cm³/mol. The molecule has 0 aromatic heterocycles. The quantitative estimate of drug-likeness (QED) is 0.776. The van der Waals surface area contributed by atoms with Gasteiger partial charge in [-0.1, -0.05) is 30.3 Å². The van der Waals surface area contributed by atoms with Gasteiger partial charge in [0.15, 0.2) is 0 Å². The molecule has 4 nitrogen and oxygen atoms in total. The van der Waals surface area contributed by atoms with Crippen LogP contribution >= 0.6 is 0 Å². The monoisotopic (exact) mass is 221 g/mol. The van der Waals surface area contributed by atoms with Gasteiger partial charge in [-0.05, 0) is 5.56 Å². The molecule has 1 amide bonds. The highest BCUT2D eigenvalue weighted by molar-refractivity contribution is 5.69. The van der Waals surface area contributed by atoms with Crippen LogP contribution in [-0.4, -0.2) is 37.4 Å². The van der Waals surface area contributed by atoms with Crippen molar-refractivity contribution >= 4 is 6.09 Å². The van der Waals surface area contributed by atoms with Crippen LogP contribution in [0.4, 0.5) is 4.79 Å². The van der Waals surface area contributed by atoms with E-state index in [-0.39, 0.29) is 12.2 Å². The average molecular weight is 221 g/mol. The molecule has 16 heavy (non-hydrogen) atoms. The fraction of sp³-hybridized carbons (Fsp3) is 0.417. The third-order valence-corrected chi connectivity index (χ3v) is 2.52. The molecule has 1 aromatic carbocycles. The van der Waals surface area contributed by atoms with Crippen LogP contribution in [0.1, 0.15) is 5.56 Å². The van der Waals surface area contributed by atoms with Gasteiger partial charge in [0, 0.05) is 13.7 Å². The summed E-state index contributed by atoms with van der Waals surface area (Å²) in [5.41, 5.74) is 1.11. The first kappa shape index (κ1) is 11.0. The third-order valence-electron chi connectivity index (χ3n) is 2.52. The summed E-state index contributed by atoms with van der Waals surface area (Å²) >= 11 is 0. The van der Waals surface area contributed by atoms with Crippen molar-refractivity contribution in [2.45, 2.75) is 12.6 Å². The van der Waals surface area contributed by atoms with E-state index >= 15 is 0 Å². The van der Waals surface area contributed by atoms with E-state index in [1.165, 1.54) is 0 Å². The van der Waals surface area contributed by atoms with E-state index in [0.717, 1.165) is 5.56 Å². The molecular weight excluding hydrogens is 206 g/mol. The number of carbonyl (C=O) groups excluding carboxylic acids is 1. The van der Waals surface area contributed by atoms with Crippen LogP contribution in [0, 0.1) is 0 Å². The fourth-order valence-electron chi connectivity index (χ4n) is 1.78.